The zero-order valence-corrected chi connectivity index (χ0v) is 14.4. The Kier molecular flexibility index (Phi) is 5.69. The minimum atomic E-state index is -1.42. The summed E-state index contributed by atoms with van der Waals surface area (Å²) in [4.78, 5) is 35.9. The van der Waals surface area contributed by atoms with Crippen LogP contribution in [0.1, 0.15) is 46.5 Å². The van der Waals surface area contributed by atoms with Crippen molar-refractivity contribution < 1.29 is 24.2 Å². The van der Waals surface area contributed by atoms with Crippen LogP contribution in [0.25, 0.3) is 0 Å². The number of aliphatic hydroxyl groups is 1. The molecule has 0 aromatic rings. The Labute approximate surface area is 141 Å². The minimum Gasteiger partial charge on any atom is -0.444 e. The van der Waals surface area contributed by atoms with Crippen LogP contribution >= 0.6 is 0 Å². The van der Waals surface area contributed by atoms with Crippen molar-refractivity contribution >= 4 is 17.9 Å². The van der Waals surface area contributed by atoms with E-state index < -0.39 is 29.7 Å². The van der Waals surface area contributed by atoms with Crippen molar-refractivity contribution in [3.63, 3.8) is 0 Å². The first-order valence-electron chi connectivity index (χ1n) is 8.41. The molecule has 3 atom stereocenters. The first kappa shape index (κ1) is 18.5. The first-order chi connectivity index (χ1) is 11.2. The molecule has 8 nitrogen and oxygen atoms in total. The van der Waals surface area contributed by atoms with Gasteiger partial charge in [0.2, 0.25) is 5.91 Å². The van der Waals surface area contributed by atoms with E-state index in [1.54, 1.807) is 20.8 Å². The molecule has 1 saturated heterocycles. The maximum Gasteiger partial charge on any atom is 0.407 e. The van der Waals surface area contributed by atoms with Gasteiger partial charge in [0, 0.05) is 18.5 Å². The van der Waals surface area contributed by atoms with Gasteiger partial charge in [0.05, 0.1) is 6.04 Å². The molecule has 3 amide bonds. The van der Waals surface area contributed by atoms with Crippen LogP contribution in [0.2, 0.25) is 0 Å². The number of hydrogen-bond donors (Lipinski definition) is 4. The molecule has 1 saturated carbocycles. The lowest BCUT2D eigenvalue weighted by Crippen LogP contribution is -2.52. The summed E-state index contributed by atoms with van der Waals surface area (Å²) in [5, 5.41) is 18.3. The molecule has 2 aliphatic rings. The summed E-state index contributed by atoms with van der Waals surface area (Å²) >= 11 is 0. The molecule has 2 fully saturated rings. The third-order valence-electron chi connectivity index (χ3n) is 3.98. The number of ether oxygens (including phenoxy) is 1. The summed E-state index contributed by atoms with van der Waals surface area (Å²) in [6.07, 6.45) is 0.448. The Morgan fingerprint density at radius 2 is 2.00 bits per heavy atom. The summed E-state index contributed by atoms with van der Waals surface area (Å²) in [5.41, 5.74) is -0.694. The average molecular weight is 341 g/mol. The summed E-state index contributed by atoms with van der Waals surface area (Å²) in [7, 11) is 0. The summed E-state index contributed by atoms with van der Waals surface area (Å²) in [5.74, 6) is -0.994. The predicted octanol–water partition coefficient (Wildman–Crippen LogP) is 0.0454. The third kappa shape index (κ3) is 5.67. The lowest BCUT2D eigenvalue weighted by Gasteiger charge is -2.27. The smallest absolute Gasteiger partial charge is 0.407 e. The monoisotopic (exact) mass is 341 g/mol. The molecule has 24 heavy (non-hydrogen) atoms. The molecule has 1 heterocycles. The summed E-state index contributed by atoms with van der Waals surface area (Å²) in [6.45, 7) is 5.74. The van der Waals surface area contributed by atoms with Crippen LogP contribution in [0.3, 0.4) is 0 Å². The third-order valence-corrected chi connectivity index (χ3v) is 3.98. The van der Waals surface area contributed by atoms with E-state index in [-0.39, 0.29) is 24.3 Å². The topological polar surface area (TPSA) is 117 Å². The van der Waals surface area contributed by atoms with Crippen LogP contribution < -0.4 is 16.0 Å². The summed E-state index contributed by atoms with van der Waals surface area (Å²) in [6, 6.07) is -0.781. The Balaban J connectivity index is 2.00. The highest BCUT2D eigenvalue weighted by molar-refractivity contribution is 5.84. The predicted molar refractivity (Wildman–Crippen MR) is 86.1 cm³/mol. The van der Waals surface area contributed by atoms with Crippen molar-refractivity contribution in [1.29, 1.82) is 0 Å². The first-order valence-corrected chi connectivity index (χ1v) is 8.41. The molecule has 0 aromatic heterocycles. The van der Waals surface area contributed by atoms with E-state index in [1.165, 1.54) is 0 Å². The van der Waals surface area contributed by atoms with Gasteiger partial charge in [0.25, 0.3) is 5.91 Å². The fourth-order valence-electron chi connectivity index (χ4n) is 2.60. The molecule has 1 aliphatic carbocycles. The molecular weight excluding hydrogens is 314 g/mol. The molecule has 1 aliphatic heterocycles. The van der Waals surface area contributed by atoms with E-state index in [1.807, 2.05) is 0 Å². The van der Waals surface area contributed by atoms with E-state index >= 15 is 0 Å². The molecule has 136 valence electrons. The SMILES string of the molecule is CC(C)(C)OC(=O)NC(CC1CCNC1=O)C(O)C(=O)NC1CC1. The number of aliphatic hydroxyl groups excluding tert-OH is 1. The molecule has 0 bridgehead atoms. The maximum atomic E-state index is 12.1. The molecule has 4 N–H and O–H groups in total. The standard InChI is InChI=1S/C16H27N3O5/c1-16(2,3)24-15(23)19-11(8-9-6-7-17-13(9)21)12(20)14(22)18-10-4-5-10/h9-12,20H,4-8H2,1-3H3,(H,17,21)(H,18,22)(H,19,23). The Morgan fingerprint density at radius 3 is 2.50 bits per heavy atom. The number of rotatable bonds is 6. The van der Waals surface area contributed by atoms with Crippen molar-refractivity contribution in [1.82, 2.24) is 16.0 Å². The van der Waals surface area contributed by atoms with Gasteiger partial charge in [-0.3, -0.25) is 9.59 Å². The fraction of sp³-hybridized carbons (Fsp3) is 0.812. The number of carbonyl (C=O) groups excluding carboxylic acids is 3. The average Bonchev–Trinajstić information content (AvgIpc) is 3.17. The van der Waals surface area contributed by atoms with E-state index in [0.717, 1.165) is 12.8 Å². The molecule has 0 spiro atoms. The molecule has 8 heteroatoms. The largest absolute Gasteiger partial charge is 0.444 e. The fourth-order valence-corrected chi connectivity index (χ4v) is 2.60. The second-order valence-corrected chi connectivity index (χ2v) is 7.49. The normalized spacial score (nSPS) is 23.2. The number of alkyl carbamates (subject to hydrolysis) is 1. The van der Waals surface area contributed by atoms with Crippen LogP contribution in [0.5, 0.6) is 0 Å². The van der Waals surface area contributed by atoms with E-state index in [4.69, 9.17) is 4.74 Å². The van der Waals surface area contributed by atoms with Crippen molar-refractivity contribution in [2.45, 2.75) is 70.2 Å². The van der Waals surface area contributed by atoms with E-state index in [9.17, 15) is 19.5 Å². The molecule has 3 unspecified atom stereocenters. The van der Waals surface area contributed by atoms with Gasteiger partial charge in [-0.05, 0) is 46.5 Å². The van der Waals surface area contributed by atoms with Crippen LogP contribution in [-0.2, 0) is 14.3 Å². The number of nitrogens with one attached hydrogen (secondary N) is 3. The highest BCUT2D eigenvalue weighted by atomic mass is 16.6. The van der Waals surface area contributed by atoms with Gasteiger partial charge < -0.3 is 25.8 Å². The van der Waals surface area contributed by atoms with E-state index in [0.29, 0.717) is 13.0 Å². The molecular formula is C16H27N3O5. The van der Waals surface area contributed by atoms with Gasteiger partial charge in [-0.1, -0.05) is 0 Å². The van der Waals surface area contributed by atoms with Gasteiger partial charge in [0.1, 0.15) is 5.60 Å². The highest BCUT2D eigenvalue weighted by Crippen LogP contribution is 2.21. The quantitative estimate of drug-likeness (QED) is 0.544. The second-order valence-electron chi connectivity index (χ2n) is 7.49. The zero-order valence-electron chi connectivity index (χ0n) is 14.4. The van der Waals surface area contributed by atoms with Crippen molar-refractivity contribution in [2.75, 3.05) is 6.54 Å². The zero-order chi connectivity index (χ0) is 17.9. The van der Waals surface area contributed by atoms with Gasteiger partial charge >= 0.3 is 6.09 Å². The molecule has 0 aromatic carbocycles. The summed E-state index contributed by atoms with van der Waals surface area (Å²) < 4.78 is 5.19. The van der Waals surface area contributed by atoms with Crippen molar-refractivity contribution in [2.24, 2.45) is 5.92 Å². The van der Waals surface area contributed by atoms with Gasteiger partial charge in [-0.2, -0.15) is 0 Å². The number of amides is 3. The maximum absolute atomic E-state index is 12.1. The lowest BCUT2D eigenvalue weighted by atomic mass is 9.94. The number of carbonyl (C=O) groups is 3. The van der Waals surface area contributed by atoms with Crippen molar-refractivity contribution in [3.8, 4) is 0 Å². The van der Waals surface area contributed by atoms with Crippen LogP contribution in [0.15, 0.2) is 0 Å². The Morgan fingerprint density at radius 1 is 1.33 bits per heavy atom. The Hall–Kier alpha value is -1.83. The second kappa shape index (κ2) is 7.38. The Bertz CT molecular complexity index is 498. The molecule has 0 radical (unpaired) electrons. The van der Waals surface area contributed by atoms with E-state index in [2.05, 4.69) is 16.0 Å². The van der Waals surface area contributed by atoms with Gasteiger partial charge in [-0.15, -0.1) is 0 Å². The van der Waals surface area contributed by atoms with Gasteiger partial charge in [-0.25, -0.2) is 4.79 Å². The van der Waals surface area contributed by atoms with Crippen LogP contribution in [0, 0.1) is 5.92 Å². The van der Waals surface area contributed by atoms with Crippen molar-refractivity contribution in [3.05, 3.63) is 0 Å². The molecule has 2 rings (SSSR count). The number of hydrogen-bond acceptors (Lipinski definition) is 5. The minimum absolute atomic E-state index is 0.101. The van der Waals surface area contributed by atoms with Crippen LogP contribution in [0.4, 0.5) is 4.79 Å². The highest BCUT2D eigenvalue weighted by Gasteiger charge is 2.36. The lowest BCUT2D eigenvalue weighted by molar-refractivity contribution is -0.132. The van der Waals surface area contributed by atoms with Crippen LogP contribution in [-0.4, -0.2) is 53.3 Å². The van der Waals surface area contributed by atoms with Gasteiger partial charge in [0.15, 0.2) is 6.10 Å².